The average molecular weight is 310 g/mol. The van der Waals surface area contributed by atoms with Gasteiger partial charge in [0.15, 0.2) is 0 Å². The summed E-state index contributed by atoms with van der Waals surface area (Å²) in [7, 11) is 0. The van der Waals surface area contributed by atoms with Crippen LogP contribution in [0.2, 0.25) is 5.02 Å². The van der Waals surface area contributed by atoms with Crippen LogP contribution in [0.4, 0.5) is 5.82 Å². The van der Waals surface area contributed by atoms with Gasteiger partial charge in [-0.15, -0.1) is 0 Å². The fourth-order valence-corrected chi connectivity index (χ4v) is 3.13. The molecule has 1 N–H and O–H groups in total. The molecule has 1 aromatic heterocycles. The van der Waals surface area contributed by atoms with Crippen molar-refractivity contribution in [1.29, 1.82) is 0 Å². The molecule has 0 spiro atoms. The van der Waals surface area contributed by atoms with Gasteiger partial charge in [0.25, 0.3) is 0 Å². The highest BCUT2D eigenvalue weighted by molar-refractivity contribution is 6.31. The van der Waals surface area contributed by atoms with Crippen LogP contribution in [-0.4, -0.2) is 24.6 Å². The molecule has 1 aliphatic rings. The number of anilines is 1. The first-order valence-electron chi connectivity index (χ1n) is 8.20. The van der Waals surface area contributed by atoms with Crippen LogP contribution in [0.15, 0.2) is 12.3 Å². The average Bonchev–Trinajstić information content (AvgIpc) is 2.89. The van der Waals surface area contributed by atoms with Crippen molar-refractivity contribution < 1.29 is 0 Å². The summed E-state index contributed by atoms with van der Waals surface area (Å²) in [5.74, 6) is 2.56. The lowest BCUT2D eigenvalue weighted by atomic mass is 10.0. The third-order valence-electron chi connectivity index (χ3n) is 4.10. The summed E-state index contributed by atoms with van der Waals surface area (Å²) in [4.78, 5) is 6.93. The summed E-state index contributed by atoms with van der Waals surface area (Å²) in [6.45, 7) is 10.8. The van der Waals surface area contributed by atoms with Crippen molar-refractivity contribution in [2.45, 2.75) is 46.6 Å². The van der Waals surface area contributed by atoms with Crippen LogP contribution in [-0.2, 0) is 6.54 Å². The van der Waals surface area contributed by atoms with Crippen LogP contribution in [0.3, 0.4) is 0 Å². The van der Waals surface area contributed by atoms with E-state index in [2.05, 4.69) is 42.0 Å². The van der Waals surface area contributed by atoms with Gasteiger partial charge < -0.3 is 10.2 Å². The molecule has 1 unspecified atom stereocenters. The quantitative estimate of drug-likeness (QED) is 0.821. The molecule has 3 nitrogen and oxygen atoms in total. The molecule has 1 fully saturated rings. The molecular formula is C17H28ClN3. The number of nitrogens with one attached hydrogen (secondary N) is 1. The van der Waals surface area contributed by atoms with Crippen molar-refractivity contribution in [2.75, 3.05) is 24.5 Å². The predicted octanol–water partition coefficient (Wildman–Crippen LogP) is 4.11. The number of halogens is 1. The predicted molar refractivity (Wildman–Crippen MR) is 91.0 cm³/mol. The van der Waals surface area contributed by atoms with Crippen molar-refractivity contribution in [1.82, 2.24) is 10.3 Å². The molecule has 1 atom stereocenters. The molecule has 0 amide bonds. The van der Waals surface area contributed by atoms with E-state index in [1.807, 2.05) is 0 Å². The molecule has 0 radical (unpaired) electrons. The van der Waals surface area contributed by atoms with Gasteiger partial charge in [0.2, 0.25) is 0 Å². The standard InChI is InChI=1S/C17H28ClN3/c1-4-5-14-6-7-21(12-14)17-8-15(16(18)11-20-17)10-19-9-13(2)3/h8,11,13-14,19H,4-7,9-10,12H2,1-3H3. The number of aromatic nitrogens is 1. The summed E-state index contributed by atoms with van der Waals surface area (Å²) < 4.78 is 0. The van der Waals surface area contributed by atoms with Gasteiger partial charge in [-0.25, -0.2) is 4.98 Å². The van der Waals surface area contributed by atoms with Crippen molar-refractivity contribution in [3.63, 3.8) is 0 Å². The largest absolute Gasteiger partial charge is 0.356 e. The Hall–Kier alpha value is -0.800. The van der Waals surface area contributed by atoms with E-state index in [4.69, 9.17) is 11.6 Å². The van der Waals surface area contributed by atoms with Gasteiger partial charge in [-0.3, -0.25) is 0 Å². The molecule has 4 heteroatoms. The van der Waals surface area contributed by atoms with E-state index in [-0.39, 0.29) is 0 Å². The van der Waals surface area contributed by atoms with Crippen LogP contribution in [0.25, 0.3) is 0 Å². The smallest absolute Gasteiger partial charge is 0.128 e. The van der Waals surface area contributed by atoms with Crippen LogP contribution < -0.4 is 10.2 Å². The lowest BCUT2D eigenvalue weighted by molar-refractivity contribution is 0.529. The summed E-state index contributed by atoms with van der Waals surface area (Å²) in [6, 6.07) is 2.16. The second-order valence-electron chi connectivity index (χ2n) is 6.55. The highest BCUT2D eigenvalue weighted by Gasteiger charge is 2.23. The van der Waals surface area contributed by atoms with E-state index in [0.29, 0.717) is 5.92 Å². The van der Waals surface area contributed by atoms with Gasteiger partial charge in [-0.2, -0.15) is 0 Å². The lowest BCUT2D eigenvalue weighted by Crippen LogP contribution is -2.22. The number of rotatable bonds is 7. The maximum atomic E-state index is 6.28. The minimum atomic E-state index is 0.651. The molecule has 1 aliphatic heterocycles. The van der Waals surface area contributed by atoms with Crippen LogP contribution in [0.1, 0.15) is 45.6 Å². The van der Waals surface area contributed by atoms with Crippen LogP contribution in [0, 0.1) is 11.8 Å². The van der Waals surface area contributed by atoms with Gasteiger partial charge >= 0.3 is 0 Å². The molecule has 0 saturated carbocycles. The Kier molecular flexibility index (Phi) is 6.31. The van der Waals surface area contributed by atoms with Crippen LogP contribution in [0.5, 0.6) is 0 Å². The molecule has 1 aromatic rings. The van der Waals surface area contributed by atoms with Crippen molar-refractivity contribution >= 4 is 17.4 Å². The first kappa shape index (κ1) is 16.6. The van der Waals surface area contributed by atoms with Gasteiger partial charge in [-0.1, -0.05) is 38.8 Å². The summed E-state index contributed by atoms with van der Waals surface area (Å²) >= 11 is 6.28. The Morgan fingerprint density at radius 3 is 3.00 bits per heavy atom. The fraction of sp³-hybridized carbons (Fsp3) is 0.706. The Balaban J connectivity index is 1.98. The van der Waals surface area contributed by atoms with Crippen molar-refractivity contribution in [3.8, 4) is 0 Å². The van der Waals surface area contributed by atoms with Gasteiger partial charge in [0.05, 0.1) is 5.02 Å². The van der Waals surface area contributed by atoms with E-state index >= 15 is 0 Å². The zero-order valence-electron chi connectivity index (χ0n) is 13.5. The fourth-order valence-electron chi connectivity index (χ4n) is 2.96. The minimum Gasteiger partial charge on any atom is -0.356 e. The number of pyridine rings is 1. The second kappa shape index (κ2) is 8.00. The Morgan fingerprint density at radius 2 is 2.29 bits per heavy atom. The van der Waals surface area contributed by atoms with Crippen LogP contribution >= 0.6 is 11.6 Å². The van der Waals surface area contributed by atoms with Crippen molar-refractivity contribution in [3.05, 3.63) is 22.8 Å². The molecule has 2 rings (SSSR count). The molecule has 0 aliphatic carbocycles. The first-order chi connectivity index (χ1) is 10.1. The van der Waals surface area contributed by atoms with Gasteiger partial charge in [0, 0.05) is 25.8 Å². The van der Waals surface area contributed by atoms with Crippen molar-refractivity contribution in [2.24, 2.45) is 11.8 Å². The first-order valence-corrected chi connectivity index (χ1v) is 8.58. The summed E-state index contributed by atoms with van der Waals surface area (Å²) in [5.41, 5.74) is 1.15. The lowest BCUT2D eigenvalue weighted by Gasteiger charge is -2.19. The number of hydrogen-bond acceptors (Lipinski definition) is 3. The Morgan fingerprint density at radius 1 is 1.48 bits per heavy atom. The third-order valence-corrected chi connectivity index (χ3v) is 4.44. The molecule has 1 saturated heterocycles. The Labute approximate surface area is 134 Å². The molecule has 21 heavy (non-hydrogen) atoms. The Bertz CT molecular complexity index is 448. The van der Waals surface area contributed by atoms with Gasteiger partial charge in [0.1, 0.15) is 5.82 Å². The normalized spacial score (nSPS) is 18.7. The third kappa shape index (κ3) is 4.86. The van der Waals surface area contributed by atoms with E-state index in [0.717, 1.165) is 48.5 Å². The number of nitrogens with zero attached hydrogens (tertiary/aromatic N) is 2. The highest BCUT2D eigenvalue weighted by Crippen LogP contribution is 2.27. The number of hydrogen-bond donors (Lipinski definition) is 1. The zero-order valence-corrected chi connectivity index (χ0v) is 14.3. The maximum Gasteiger partial charge on any atom is 0.128 e. The molecule has 0 bridgehead atoms. The van der Waals surface area contributed by atoms with E-state index in [9.17, 15) is 0 Å². The monoisotopic (exact) mass is 309 g/mol. The molecule has 2 heterocycles. The van der Waals surface area contributed by atoms with Gasteiger partial charge in [-0.05, 0) is 42.9 Å². The maximum absolute atomic E-state index is 6.28. The molecule has 118 valence electrons. The zero-order chi connectivity index (χ0) is 15.2. The summed E-state index contributed by atoms with van der Waals surface area (Å²) in [6.07, 6.45) is 5.69. The second-order valence-corrected chi connectivity index (χ2v) is 6.96. The topological polar surface area (TPSA) is 28.2 Å². The van der Waals surface area contributed by atoms with E-state index in [1.54, 1.807) is 6.20 Å². The molecule has 0 aromatic carbocycles. The SMILES string of the molecule is CCCC1CCN(c2cc(CNCC(C)C)c(Cl)cn2)C1. The minimum absolute atomic E-state index is 0.651. The highest BCUT2D eigenvalue weighted by atomic mass is 35.5. The van der Waals surface area contributed by atoms with E-state index in [1.165, 1.54) is 19.3 Å². The molecular weight excluding hydrogens is 282 g/mol. The summed E-state index contributed by atoms with van der Waals surface area (Å²) in [5, 5.41) is 4.22. The van der Waals surface area contributed by atoms with E-state index < -0.39 is 0 Å².